The third kappa shape index (κ3) is 2.96. The second-order valence-electron chi connectivity index (χ2n) is 6.64. The lowest BCUT2D eigenvalue weighted by molar-refractivity contribution is 0.0659. The van der Waals surface area contributed by atoms with Gasteiger partial charge in [0.15, 0.2) is 0 Å². The van der Waals surface area contributed by atoms with E-state index in [1.165, 1.54) is 12.1 Å². The molecule has 3 aliphatic rings. The lowest BCUT2D eigenvalue weighted by Crippen LogP contribution is -2.44. The van der Waals surface area contributed by atoms with Crippen LogP contribution in [0.1, 0.15) is 20.7 Å². The van der Waals surface area contributed by atoms with Crippen LogP contribution in [0.25, 0.3) is 0 Å². The van der Waals surface area contributed by atoms with Gasteiger partial charge in [-0.25, -0.2) is 18.5 Å². The summed E-state index contributed by atoms with van der Waals surface area (Å²) < 4.78 is 50.5. The molecule has 2 unspecified atom stereocenters. The van der Waals surface area contributed by atoms with Crippen molar-refractivity contribution in [1.82, 2.24) is 9.34 Å². The molecule has 0 N–H and O–H groups in total. The van der Waals surface area contributed by atoms with Crippen LogP contribution in [0.3, 0.4) is 0 Å². The van der Waals surface area contributed by atoms with Crippen molar-refractivity contribution < 1.29 is 36.8 Å². The van der Waals surface area contributed by atoms with Crippen LogP contribution >= 0.6 is 15.5 Å². The lowest BCUT2D eigenvalue weighted by Gasteiger charge is -2.39. The monoisotopic (exact) mass is 450 g/mol. The topological polar surface area (TPSA) is 112 Å². The van der Waals surface area contributed by atoms with Gasteiger partial charge >= 0.3 is 15.5 Å². The maximum absolute atomic E-state index is 13.3. The fourth-order valence-electron chi connectivity index (χ4n) is 3.43. The van der Waals surface area contributed by atoms with Crippen molar-refractivity contribution in [2.24, 2.45) is 0 Å². The Labute approximate surface area is 171 Å². The summed E-state index contributed by atoms with van der Waals surface area (Å²) in [4.78, 5) is 26.0. The molecule has 156 valence electrons. The second kappa shape index (κ2) is 6.96. The summed E-state index contributed by atoms with van der Waals surface area (Å²) in [5.41, 5.74) is 0.436. The van der Waals surface area contributed by atoms with Crippen molar-refractivity contribution in [1.29, 1.82) is 0 Å². The Kier molecular flexibility index (Phi) is 4.48. The first kappa shape index (κ1) is 19.3. The zero-order valence-electron chi connectivity index (χ0n) is 15.5. The first-order chi connectivity index (χ1) is 14.4. The van der Waals surface area contributed by atoms with Gasteiger partial charge in [-0.15, -0.1) is 0 Å². The van der Waals surface area contributed by atoms with Crippen molar-refractivity contribution in [3.63, 3.8) is 0 Å². The number of rotatable bonds is 0. The van der Waals surface area contributed by atoms with Gasteiger partial charge in [0, 0.05) is 0 Å². The average Bonchev–Trinajstić information content (AvgIpc) is 2.73. The van der Waals surface area contributed by atoms with Crippen LogP contribution < -0.4 is 9.05 Å². The highest BCUT2D eigenvalue weighted by Crippen LogP contribution is 2.60. The van der Waals surface area contributed by atoms with Crippen LogP contribution in [0.2, 0.25) is 0 Å². The smallest absolute Gasteiger partial charge is 0.408 e. The molecule has 0 radical (unpaired) electrons. The SMILES string of the molecule is O=C1c2ccccc2OP2(=O)OCCOP3(=O)Oc4ccccc4C(=O)N3CCN12. The van der Waals surface area contributed by atoms with E-state index in [1.807, 2.05) is 0 Å². The minimum absolute atomic E-state index is 0.150. The molecule has 5 rings (SSSR count). The number of nitrogens with zero attached hydrogens (tertiary/aromatic N) is 2. The molecular weight excluding hydrogens is 434 g/mol. The van der Waals surface area contributed by atoms with Gasteiger partial charge < -0.3 is 9.05 Å². The van der Waals surface area contributed by atoms with Crippen LogP contribution in [0.4, 0.5) is 0 Å². The van der Waals surface area contributed by atoms with E-state index in [0.29, 0.717) is 0 Å². The Bertz CT molecular complexity index is 1060. The molecule has 0 spiro atoms. The predicted octanol–water partition coefficient (Wildman–Crippen LogP) is 3.32. The number of hydrogen-bond acceptors (Lipinski definition) is 8. The molecule has 12 heteroatoms. The maximum Gasteiger partial charge on any atom is 0.491 e. The highest BCUT2D eigenvalue weighted by atomic mass is 31.2. The van der Waals surface area contributed by atoms with Crippen molar-refractivity contribution in [2.75, 3.05) is 26.3 Å². The van der Waals surface area contributed by atoms with E-state index in [2.05, 4.69) is 0 Å². The molecule has 10 nitrogen and oxygen atoms in total. The van der Waals surface area contributed by atoms with E-state index in [-0.39, 0.29) is 48.9 Å². The van der Waals surface area contributed by atoms with Crippen molar-refractivity contribution >= 4 is 27.3 Å². The Morgan fingerprint density at radius 2 is 1.07 bits per heavy atom. The fraction of sp³-hybridized carbons (Fsp3) is 0.222. The molecule has 0 aromatic heterocycles. The first-order valence-electron chi connectivity index (χ1n) is 9.12. The summed E-state index contributed by atoms with van der Waals surface area (Å²) in [7, 11) is -8.09. The Morgan fingerprint density at radius 3 is 1.50 bits per heavy atom. The third-order valence-corrected chi connectivity index (χ3v) is 8.66. The number of para-hydroxylation sites is 2. The Balaban J connectivity index is 1.52. The molecule has 1 fully saturated rings. The minimum atomic E-state index is -4.04. The molecule has 30 heavy (non-hydrogen) atoms. The molecule has 2 atom stereocenters. The van der Waals surface area contributed by atoms with Crippen LogP contribution in [-0.2, 0) is 18.2 Å². The number of amides is 2. The van der Waals surface area contributed by atoms with Gasteiger partial charge in [-0.1, -0.05) is 24.3 Å². The van der Waals surface area contributed by atoms with Crippen molar-refractivity contribution in [3.8, 4) is 11.5 Å². The zero-order valence-corrected chi connectivity index (χ0v) is 17.3. The Hall–Kier alpha value is -2.64. The number of benzene rings is 2. The van der Waals surface area contributed by atoms with E-state index in [0.717, 1.165) is 9.34 Å². The van der Waals surface area contributed by atoms with E-state index < -0.39 is 27.3 Å². The highest BCUT2D eigenvalue weighted by molar-refractivity contribution is 7.53. The summed E-state index contributed by atoms with van der Waals surface area (Å²) in [5, 5.41) is 0. The maximum atomic E-state index is 13.3. The molecule has 0 saturated carbocycles. The molecular formula is C18H16N2O8P2. The van der Waals surface area contributed by atoms with Gasteiger partial charge in [0.1, 0.15) is 11.5 Å². The summed E-state index contributed by atoms with van der Waals surface area (Å²) in [6, 6.07) is 12.7. The molecule has 3 aliphatic heterocycles. The van der Waals surface area contributed by atoms with Gasteiger partial charge in [-0.3, -0.25) is 18.6 Å². The Morgan fingerprint density at radius 1 is 0.667 bits per heavy atom. The van der Waals surface area contributed by atoms with Crippen LogP contribution in [-0.4, -0.2) is 47.5 Å². The third-order valence-electron chi connectivity index (χ3n) is 4.84. The number of carbonyl (C=O) groups is 2. The molecule has 2 aromatic carbocycles. The molecule has 2 aromatic rings. The quantitative estimate of drug-likeness (QED) is 0.562. The number of hydrogen-bond donors (Lipinski definition) is 0. The molecule has 3 heterocycles. The normalized spacial score (nSPS) is 28.3. The minimum Gasteiger partial charge on any atom is -0.408 e. The predicted molar refractivity (Wildman–Crippen MR) is 103 cm³/mol. The van der Waals surface area contributed by atoms with E-state index in [1.54, 1.807) is 36.4 Å². The first-order valence-corrected chi connectivity index (χ1v) is 12.1. The van der Waals surface area contributed by atoms with E-state index >= 15 is 0 Å². The largest absolute Gasteiger partial charge is 0.491 e. The molecule has 0 bridgehead atoms. The van der Waals surface area contributed by atoms with Crippen LogP contribution in [0, 0.1) is 0 Å². The van der Waals surface area contributed by atoms with Crippen molar-refractivity contribution in [2.45, 2.75) is 0 Å². The summed E-state index contributed by atoms with van der Waals surface area (Å²) in [6.07, 6.45) is 0. The average molecular weight is 450 g/mol. The fourth-order valence-corrected chi connectivity index (χ4v) is 6.76. The molecule has 2 amide bonds. The van der Waals surface area contributed by atoms with Gasteiger partial charge in [-0.2, -0.15) is 0 Å². The van der Waals surface area contributed by atoms with Crippen molar-refractivity contribution in [3.05, 3.63) is 59.7 Å². The second-order valence-corrected chi connectivity index (χ2v) is 10.4. The van der Waals surface area contributed by atoms with Gasteiger partial charge in [0.25, 0.3) is 11.8 Å². The number of fused-ring (bicyclic) bond motifs is 4. The summed E-state index contributed by atoms with van der Waals surface area (Å²) in [5.74, 6) is -0.835. The van der Waals surface area contributed by atoms with Crippen LogP contribution in [0.15, 0.2) is 48.5 Å². The standard InChI is InChI=1S/C18H16N2O8P2/c21-17-13-5-1-3-7-15(13)27-29(23)19(17)9-10-20-18(22)14-6-2-4-8-16(14)28-30(20,24)26-12-11-25-29/h1-8H,9-12H2. The van der Waals surface area contributed by atoms with Gasteiger partial charge in [0.2, 0.25) is 0 Å². The highest BCUT2D eigenvalue weighted by Gasteiger charge is 2.50. The zero-order chi connectivity index (χ0) is 20.9. The molecule has 1 saturated heterocycles. The lowest BCUT2D eigenvalue weighted by atomic mass is 10.2. The summed E-state index contributed by atoms with van der Waals surface area (Å²) >= 11 is 0. The number of carbonyl (C=O) groups excluding carboxylic acids is 2. The van der Waals surface area contributed by atoms with Gasteiger partial charge in [0.05, 0.1) is 37.4 Å². The van der Waals surface area contributed by atoms with Crippen LogP contribution in [0.5, 0.6) is 11.5 Å². The van der Waals surface area contributed by atoms with E-state index in [9.17, 15) is 18.7 Å². The molecule has 0 aliphatic carbocycles. The van der Waals surface area contributed by atoms with Gasteiger partial charge in [-0.05, 0) is 24.3 Å². The van der Waals surface area contributed by atoms with E-state index in [4.69, 9.17) is 18.1 Å². The summed E-state index contributed by atoms with van der Waals surface area (Å²) in [6.45, 7) is -1.09.